The Balaban J connectivity index is 0.000000179. The van der Waals surface area contributed by atoms with Crippen molar-refractivity contribution >= 4 is 31.4 Å². The molecule has 0 amide bonds. The molecule has 6 heterocycles. The maximum Gasteiger partial charge on any atom is 0.314 e. The molecule has 0 aliphatic carbocycles. The molecule has 0 saturated carbocycles. The SMILES string of the molecule is CN1Cc2ccc(N(Cc3ccc(-c4nnc(C(F)F)o4)cn3)S(C)(=O)=O)cc2C1.CS(=O)(=O)N(Cc1ccc(-c2nnc(C(F)F)o2)cn1)c1ccc2c(c1)CNC2. The number of sulfonamides is 2. The van der Waals surface area contributed by atoms with E-state index in [1.54, 1.807) is 36.4 Å². The van der Waals surface area contributed by atoms with E-state index >= 15 is 0 Å². The lowest BCUT2D eigenvalue weighted by atomic mass is 10.1. The molecule has 0 radical (unpaired) electrons. The van der Waals surface area contributed by atoms with Gasteiger partial charge in [-0.05, 0) is 77.8 Å². The van der Waals surface area contributed by atoms with Crippen LogP contribution >= 0.6 is 0 Å². The number of nitrogens with zero attached hydrogens (tertiary/aromatic N) is 9. The van der Waals surface area contributed by atoms with Gasteiger partial charge in [0.1, 0.15) is 0 Å². The van der Waals surface area contributed by atoms with Gasteiger partial charge in [-0.1, -0.05) is 12.1 Å². The highest BCUT2D eigenvalue weighted by molar-refractivity contribution is 7.92. The molecule has 16 nitrogen and oxygen atoms in total. The van der Waals surface area contributed by atoms with Crippen LogP contribution in [0.4, 0.5) is 28.9 Å². The lowest BCUT2D eigenvalue weighted by Gasteiger charge is -2.22. The minimum absolute atomic E-state index is 0.0252. The third-order valence-corrected chi connectivity index (χ3v) is 11.6. The van der Waals surface area contributed by atoms with E-state index in [0.717, 1.165) is 48.8 Å². The Bertz CT molecular complexity index is 2660. The van der Waals surface area contributed by atoms with Crippen molar-refractivity contribution in [1.82, 2.24) is 40.6 Å². The van der Waals surface area contributed by atoms with Gasteiger partial charge < -0.3 is 14.2 Å². The van der Waals surface area contributed by atoms with Crippen molar-refractivity contribution in [2.75, 3.05) is 28.2 Å². The van der Waals surface area contributed by atoms with Crippen molar-refractivity contribution in [3.63, 3.8) is 0 Å². The van der Waals surface area contributed by atoms with Crippen molar-refractivity contribution < 1.29 is 43.2 Å². The highest BCUT2D eigenvalue weighted by Crippen LogP contribution is 2.30. The van der Waals surface area contributed by atoms with Gasteiger partial charge in [-0.25, -0.2) is 16.8 Å². The number of rotatable bonds is 12. The second kappa shape index (κ2) is 16.8. The monoisotopic (exact) mass is 856 g/mol. The number of nitrogens with one attached hydrogen (secondary N) is 1. The number of anilines is 2. The van der Waals surface area contributed by atoms with Crippen LogP contribution in [0.1, 0.15) is 58.3 Å². The van der Waals surface area contributed by atoms with Crippen molar-refractivity contribution in [3.05, 3.63) is 118 Å². The first-order valence-corrected chi connectivity index (χ1v) is 21.4. The summed E-state index contributed by atoms with van der Waals surface area (Å²) in [5.41, 5.74) is 7.29. The third-order valence-electron chi connectivity index (χ3n) is 9.28. The van der Waals surface area contributed by atoms with E-state index in [2.05, 4.69) is 40.6 Å². The Labute approximate surface area is 336 Å². The number of halogens is 4. The predicted molar refractivity (Wildman–Crippen MR) is 206 cm³/mol. The van der Waals surface area contributed by atoms with Crippen LogP contribution < -0.4 is 13.9 Å². The van der Waals surface area contributed by atoms with E-state index in [1.807, 2.05) is 31.3 Å². The Morgan fingerprint density at radius 2 is 1.10 bits per heavy atom. The van der Waals surface area contributed by atoms with Gasteiger partial charge in [-0.2, -0.15) is 17.6 Å². The van der Waals surface area contributed by atoms with E-state index in [4.69, 9.17) is 8.83 Å². The highest BCUT2D eigenvalue weighted by Gasteiger charge is 2.25. The molecule has 0 atom stereocenters. The fourth-order valence-electron chi connectivity index (χ4n) is 6.40. The zero-order valence-corrected chi connectivity index (χ0v) is 33.3. The predicted octanol–water partition coefficient (Wildman–Crippen LogP) is 5.62. The summed E-state index contributed by atoms with van der Waals surface area (Å²) in [6.07, 6.45) is -0.660. The van der Waals surface area contributed by atoms with Gasteiger partial charge >= 0.3 is 12.9 Å². The second-order valence-electron chi connectivity index (χ2n) is 13.8. The molecular weight excluding hydrogens is 821 g/mol. The zero-order valence-electron chi connectivity index (χ0n) is 31.6. The van der Waals surface area contributed by atoms with Gasteiger partial charge in [-0.3, -0.25) is 23.5 Å². The van der Waals surface area contributed by atoms with E-state index in [0.29, 0.717) is 40.4 Å². The van der Waals surface area contributed by atoms with Gasteiger partial charge in [0.25, 0.3) is 11.8 Å². The van der Waals surface area contributed by atoms with Crippen LogP contribution in [0.5, 0.6) is 0 Å². The number of pyridine rings is 2. The summed E-state index contributed by atoms with van der Waals surface area (Å²) in [7, 11) is -5.11. The smallest absolute Gasteiger partial charge is 0.314 e. The maximum absolute atomic E-state index is 12.6. The molecule has 0 spiro atoms. The molecule has 0 unspecified atom stereocenters. The first-order chi connectivity index (χ1) is 28.0. The van der Waals surface area contributed by atoms with Crippen LogP contribution in [0.3, 0.4) is 0 Å². The Kier molecular flexibility index (Phi) is 11.8. The lowest BCUT2D eigenvalue weighted by Crippen LogP contribution is -2.29. The number of aromatic nitrogens is 6. The van der Waals surface area contributed by atoms with E-state index in [-0.39, 0.29) is 24.9 Å². The number of benzene rings is 2. The lowest BCUT2D eigenvalue weighted by molar-refractivity contribution is 0.115. The normalized spacial score (nSPS) is 14.0. The molecule has 0 saturated heterocycles. The molecule has 8 rings (SSSR count). The quantitative estimate of drug-likeness (QED) is 0.149. The molecule has 4 aromatic heterocycles. The first kappa shape index (κ1) is 41.3. The number of hydrogen-bond donors (Lipinski definition) is 1. The zero-order chi connectivity index (χ0) is 42.1. The van der Waals surface area contributed by atoms with Gasteiger partial charge in [0.2, 0.25) is 31.8 Å². The molecule has 2 aliphatic heterocycles. The molecule has 310 valence electrons. The third kappa shape index (κ3) is 9.73. The van der Waals surface area contributed by atoms with Crippen LogP contribution in [0.25, 0.3) is 22.9 Å². The Hall–Kier alpha value is -5.84. The van der Waals surface area contributed by atoms with Crippen molar-refractivity contribution in [2.45, 2.75) is 52.1 Å². The molecule has 6 aromatic rings. The molecule has 22 heteroatoms. The maximum atomic E-state index is 12.6. The summed E-state index contributed by atoms with van der Waals surface area (Å²) in [6.45, 7) is 3.11. The van der Waals surface area contributed by atoms with Gasteiger partial charge in [0.05, 0.1) is 59.5 Å². The molecule has 2 aliphatic rings. The molecule has 0 bridgehead atoms. The molecule has 2 aromatic carbocycles. The largest absolute Gasteiger partial charge is 0.415 e. The van der Waals surface area contributed by atoms with E-state index in [9.17, 15) is 34.4 Å². The number of hydrogen-bond acceptors (Lipinski definition) is 14. The average molecular weight is 857 g/mol. The standard InChI is InChI=1S/C19H19F2N5O3S.C18H17F2N5O3S/c1-25-9-13-4-6-16(7-14(13)10-25)26(30(2,27)28)11-15-5-3-12(8-22-15)18-23-24-19(29-18)17(20)21;1-29(26,27)25(15-5-3-11-7-21-8-13(11)6-15)10-14-4-2-12(9-22-14)17-23-24-18(28-17)16(19)20/h3-8,17H,9-11H2,1-2H3;2-6,9,16,21H,7-8,10H2,1H3. The summed E-state index contributed by atoms with van der Waals surface area (Å²) in [6, 6.07) is 17.5. The average Bonchev–Trinajstić information content (AvgIpc) is 4.02. The van der Waals surface area contributed by atoms with E-state index < -0.39 is 44.7 Å². The van der Waals surface area contributed by atoms with Gasteiger partial charge in [0, 0.05) is 38.6 Å². The Morgan fingerprint density at radius 3 is 1.54 bits per heavy atom. The fraction of sp³-hybridized carbons (Fsp3) is 0.297. The van der Waals surface area contributed by atoms with Crippen molar-refractivity contribution in [1.29, 1.82) is 0 Å². The fourth-order valence-corrected chi connectivity index (χ4v) is 8.13. The summed E-state index contributed by atoms with van der Waals surface area (Å²) in [5.74, 6) is -1.68. The van der Waals surface area contributed by atoms with Crippen LogP contribution in [0.2, 0.25) is 0 Å². The van der Waals surface area contributed by atoms with E-state index in [1.165, 1.54) is 26.6 Å². The van der Waals surface area contributed by atoms with Crippen molar-refractivity contribution in [3.8, 4) is 22.9 Å². The Morgan fingerprint density at radius 1 is 0.644 bits per heavy atom. The minimum Gasteiger partial charge on any atom is -0.415 e. The number of alkyl halides is 4. The van der Waals surface area contributed by atoms with Crippen LogP contribution in [0, 0.1) is 0 Å². The summed E-state index contributed by atoms with van der Waals surface area (Å²) < 4.78 is 112. The molecule has 0 fully saturated rings. The molecular formula is C37H36F4N10O6S2. The molecule has 1 N–H and O–H groups in total. The number of fused-ring (bicyclic) bond motifs is 2. The summed E-state index contributed by atoms with van der Waals surface area (Å²) >= 11 is 0. The van der Waals surface area contributed by atoms with Crippen molar-refractivity contribution in [2.24, 2.45) is 0 Å². The summed E-state index contributed by atoms with van der Waals surface area (Å²) in [5, 5.41) is 16.9. The van der Waals surface area contributed by atoms with Gasteiger partial charge in [0.15, 0.2) is 0 Å². The minimum atomic E-state index is -3.56. The van der Waals surface area contributed by atoms with Crippen LogP contribution in [0.15, 0.2) is 81.9 Å². The van der Waals surface area contributed by atoms with Crippen LogP contribution in [-0.2, 0) is 59.3 Å². The van der Waals surface area contributed by atoms with Crippen LogP contribution in [-0.4, -0.2) is 71.7 Å². The first-order valence-electron chi connectivity index (χ1n) is 17.7. The molecule has 59 heavy (non-hydrogen) atoms. The highest BCUT2D eigenvalue weighted by atomic mass is 32.2. The topological polar surface area (TPSA) is 194 Å². The summed E-state index contributed by atoms with van der Waals surface area (Å²) in [4.78, 5) is 10.6. The van der Waals surface area contributed by atoms with Gasteiger partial charge in [-0.15, -0.1) is 20.4 Å². The second-order valence-corrected chi connectivity index (χ2v) is 17.6.